The fourth-order valence-electron chi connectivity index (χ4n) is 2.89. The Hall–Kier alpha value is -0.0400. The first kappa shape index (κ1) is 11.0. The first-order valence-electron chi connectivity index (χ1n) is 5.67. The van der Waals surface area contributed by atoms with Crippen molar-refractivity contribution in [3.63, 3.8) is 0 Å². The molecule has 0 aromatic carbocycles. The second kappa shape index (κ2) is 4.00. The average molecular weight is 184 g/mol. The molecule has 0 heterocycles. The molecule has 1 N–H and O–H groups in total. The molecular formula is C12H24O. The predicted molar refractivity (Wildman–Crippen MR) is 56.6 cm³/mol. The van der Waals surface area contributed by atoms with Crippen molar-refractivity contribution in [3.05, 3.63) is 0 Å². The van der Waals surface area contributed by atoms with E-state index in [0.29, 0.717) is 17.3 Å². The van der Waals surface area contributed by atoms with E-state index in [-0.39, 0.29) is 6.10 Å². The van der Waals surface area contributed by atoms with Gasteiger partial charge in [0.2, 0.25) is 0 Å². The Morgan fingerprint density at radius 3 is 2.54 bits per heavy atom. The zero-order chi connectivity index (χ0) is 10.1. The lowest BCUT2D eigenvalue weighted by atomic mass is 9.61. The standard InChI is InChI=1S/C12H24O/c1-5-12(4)7-6-10(13)8-11(12)9(2)3/h9-11,13H,5-8H2,1-4H3/t10-,11-,12+/m1/s1. The fraction of sp³-hybridized carbons (Fsp3) is 1.00. The van der Waals surface area contributed by atoms with E-state index in [4.69, 9.17) is 0 Å². The highest BCUT2D eigenvalue weighted by atomic mass is 16.3. The van der Waals surface area contributed by atoms with Gasteiger partial charge in [-0.05, 0) is 36.5 Å². The summed E-state index contributed by atoms with van der Waals surface area (Å²) in [5, 5.41) is 9.66. The van der Waals surface area contributed by atoms with E-state index in [1.54, 1.807) is 0 Å². The van der Waals surface area contributed by atoms with Crippen molar-refractivity contribution in [1.82, 2.24) is 0 Å². The monoisotopic (exact) mass is 184 g/mol. The zero-order valence-electron chi connectivity index (χ0n) is 9.51. The van der Waals surface area contributed by atoms with Gasteiger partial charge in [-0.2, -0.15) is 0 Å². The molecule has 0 bridgehead atoms. The maximum atomic E-state index is 9.66. The van der Waals surface area contributed by atoms with Crippen molar-refractivity contribution in [2.24, 2.45) is 17.3 Å². The van der Waals surface area contributed by atoms with Crippen LogP contribution in [0.25, 0.3) is 0 Å². The minimum atomic E-state index is -0.0352. The van der Waals surface area contributed by atoms with Gasteiger partial charge in [0.1, 0.15) is 0 Å². The Balaban J connectivity index is 2.72. The topological polar surface area (TPSA) is 20.2 Å². The molecule has 0 amide bonds. The lowest BCUT2D eigenvalue weighted by Gasteiger charge is -2.45. The fourth-order valence-corrected chi connectivity index (χ4v) is 2.89. The molecular weight excluding hydrogens is 160 g/mol. The molecule has 1 heteroatoms. The summed E-state index contributed by atoms with van der Waals surface area (Å²) < 4.78 is 0. The first-order chi connectivity index (χ1) is 5.99. The largest absolute Gasteiger partial charge is 0.393 e. The molecule has 1 aliphatic rings. The molecule has 3 atom stereocenters. The van der Waals surface area contributed by atoms with E-state index < -0.39 is 0 Å². The number of hydrogen-bond donors (Lipinski definition) is 1. The van der Waals surface area contributed by atoms with E-state index in [0.717, 1.165) is 12.8 Å². The summed E-state index contributed by atoms with van der Waals surface area (Å²) in [7, 11) is 0. The van der Waals surface area contributed by atoms with Gasteiger partial charge in [0.05, 0.1) is 6.10 Å². The number of aliphatic hydroxyl groups is 1. The minimum absolute atomic E-state index is 0.0352. The van der Waals surface area contributed by atoms with Gasteiger partial charge < -0.3 is 5.11 Å². The Bertz CT molecular complexity index is 165. The summed E-state index contributed by atoms with van der Waals surface area (Å²) in [6.45, 7) is 9.25. The summed E-state index contributed by atoms with van der Waals surface area (Å²) in [5.41, 5.74) is 0.480. The van der Waals surface area contributed by atoms with Crippen molar-refractivity contribution in [2.75, 3.05) is 0 Å². The van der Waals surface area contributed by atoms with Gasteiger partial charge in [-0.15, -0.1) is 0 Å². The molecule has 0 aliphatic heterocycles. The number of rotatable bonds is 2. The molecule has 0 saturated heterocycles. The molecule has 0 aromatic rings. The van der Waals surface area contributed by atoms with E-state index >= 15 is 0 Å². The molecule has 1 saturated carbocycles. The summed E-state index contributed by atoms with van der Waals surface area (Å²) in [5.74, 6) is 1.42. The summed E-state index contributed by atoms with van der Waals surface area (Å²) in [4.78, 5) is 0. The molecule has 78 valence electrons. The normalized spacial score (nSPS) is 41.1. The van der Waals surface area contributed by atoms with E-state index in [2.05, 4.69) is 27.7 Å². The molecule has 1 rings (SSSR count). The van der Waals surface area contributed by atoms with Gasteiger partial charge in [0.15, 0.2) is 0 Å². The van der Waals surface area contributed by atoms with Gasteiger partial charge in [-0.3, -0.25) is 0 Å². The quantitative estimate of drug-likeness (QED) is 0.698. The van der Waals surface area contributed by atoms with Crippen LogP contribution in [0.3, 0.4) is 0 Å². The maximum Gasteiger partial charge on any atom is 0.0543 e. The van der Waals surface area contributed by atoms with Crippen LogP contribution < -0.4 is 0 Å². The van der Waals surface area contributed by atoms with E-state index in [1.165, 1.54) is 12.8 Å². The lowest BCUT2D eigenvalue weighted by molar-refractivity contribution is -0.00547. The van der Waals surface area contributed by atoms with Crippen molar-refractivity contribution in [1.29, 1.82) is 0 Å². The van der Waals surface area contributed by atoms with Gasteiger partial charge in [0.25, 0.3) is 0 Å². The molecule has 0 unspecified atom stereocenters. The molecule has 13 heavy (non-hydrogen) atoms. The van der Waals surface area contributed by atoms with Crippen LogP contribution in [0.5, 0.6) is 0 Å². The second-order valence-electron chi connectivity index (χ2n) is 5.29. The average Bonchev–Trinajstić information content (AvgIpc) is 2.09. The van der Waals surface area contributed by atoms with Crippen LogP contribution in [-0.4, -0.2) is 11.2 Å². The molecule has 1 aliphatic carbocycles. The summed E-state index contributed by atoms with van der Waals surface area (Å²) in [6.07, 6.45) is 4.44. The minimum Gasteiger partial charge on any atom is -0.393 e. The molecule has 0 aromatic heterocycles. The third-order valence-corrected chi connectivity index (χ3v) is 4.08. The van der Waals surface area contributed by atoms with E-state index in [9.17, 15) is 5.11 Å². The van der Waals surface area contributed by atoms with Crippen LogP contribution >= 0.6 is 0 Å². The van der Waals surface area contributed by atoms with Gasteiger partial charge >= 0.3 is 0 Å². The Morgan fingerprint density at radius 1 is 1.46 bits per heavy atom. The summed E-state index contributed by atoms with van der Waals surface area (Å²) in [6, 6.07) is 0. The lowest BCUT2D eigenvalue weighted by Crippen LogP contribution is -2.38. The van der Waals surface area contributed by atoms with Crippen LogP contribution in [0.15, 0.2) is 0 Å². The second-order valence-corrected chi connectivity index (χ2v) is 5.29. The molecule has 1 fully saturated rings. The highest BCUT2D eigenvalue weighted by Gasteiger charge is 2.39. The van der Waals surface area contributed by atoms with Gasteiger partial charge in [0, 0.05) is 0 Å². The Morgan fingerprint density at radius 2 is 2.08 bits per heavy atom. The third-order valence-electron chi connectivity index (χ3n) is 4.08. The van der Waals surface area contributed by atoms with Crippen molar-refractivity contribution < 1.29 is 5.11 Å². The van der Waals surface area contributed by atoms with Crippen LogP contribution in [0.1, 0.15) is 53.4 Å². The number of hydrogen-bond acceptors (Lipinski definition) is 1. The van der Waals surface area contributed by atoms with E-state index in [1.807, 2.05) is 0 Å². The smallest absolute Gasteiger partial charge is 0.0543 e. The highest BCUT2D eigenvalue weighted by molar-refractivity contribution is 4.89. The molecule has 0 spiro atoms. The Labute approximate surface area is 82.5 Å². The van der Waals surface area contributed by atoms with Gasteiger partial charge in [-0.25, -0.2) is 0 Å². The van der Waals surface area contributed by atoms with Crippen LogP contribution in [0, 0.1) is 17.3 Å². The van der Waals surface area contributed by atoms with Gasteiger partial charge in [-0.1, -0.05) is 34.1 Å². The number of aliphatic hydroxyl groups excluding tert-OH is 1. The SMILES string of the molecule is CC[C@@]1(C)CC[C@@H](O)C[C@@H]1C(C)C. The predicted octanol–water partition coefficient (Wildman–Crippen LogP) is 3.22. The van der Waals surface area contributed by atoms with Crippen molar-refractivity contribution in [3.8, 4) is 0 Å². The Kier molecular flexibility index (Phi) is 3.39. The summed E-state index contributed by atoms with van der Waals surface area (Å²) >= 11 is 0. The maximum absolute atomic E-state index is 9.66. The highest BCUT2D eigenvalue weighted by Crippen LogP contribution is 2.46. The van der Waals surface area contributed by atoms with Crippen molar-refractivity contribution >= 4 is 0 Å². The molecule has 1 nitrogen and oxygen atoms in total. The van der Waals surface area contributed by atoms with Crippen molar-refractivity contribution in [2.45, 2.75) is 59.5 Å². The van der Waals surface area contributed by atoms with Crippen LogP contribution in [0.4, 0.5) is 0 Å². The first-order valence-corrected chi connectivity index (χ1v) is 5.67. The van der Waals surface area contributed by atoms with Crippen LogP contribution in [0.2, 0.25) is 0 Å². The van der Waals surface area contributed by atoms with Crippen LogP contribution in [-0.2, 0) is 0 Å². The zero-order valence-corrected chi connectivity index (χ0v) is 9.51. The third kappa shape index (κ3) is 2.25. The molecule has 0 radical (unpaired) electrons.